The van der Waals surface area contributed by atoms with Gasteiger partial charge >= 0.3 is 0 Å². The molecular weight excluding hydrogens is 254 g/mol. The Labute approximate surface area is 121 Å². The number of hydrogen-bond donors (Lipinski definition) is 2. The van der Waals surface area contributed by atoms with Crippen molar-refractivity contribution < 1.29 is 9.59 Å². The molecule has 2 fully saturated rings. The fourth-order valence-corrected chi connectivity index (χ4v) is 3.55. The maximum atomic E-state index is 12.5. The highest BCUT2D eigenvalue weighted by Crippen LogP contribution is 2.28. The van der Waals surface area contributed by atoms with Crippen LogP contribution in [0.1, 0.15) is 39.5 Å². The summed E-state index contributed by atoms with van der Waals surface area (Å²) in [5, 5.41) is 2.89. The van der Waals surface area contributed by atoms with Gasteiger partial charge in [0.2, 0.25) is 11.8 Å². The van der Waals surface area contributed by atoms with Gasteiger partial charge in [-0.2, -0.15) is 0 Å². The summed E-state index contributed by atoms with van der Waals surface area (Å²) in [7, 11) is 0. The van der Waals surface area contributed by atoms with E-state index in [2.05, 4.69) is 19.2 Å². The maximum absolute atomic E-state index is 12.5. The van der Waals surface area contributed by atoms with Crippen molar-refractivity contribution in [2.24, 2.45) is 23.5 Å². The molecule has 2 amide bonds. The minimum atomic E-state index is 0.00845. The van der Waals surface area contributed by atoms with Crippen molar-refractivity contribution in [3.8, 4) is 0 Å². The summed E-state index contributed by atoms with van der Waals surface area (Å²) in [5.74, 6) is 1.11. The fourth-order valence-electron chi connectivity index (χ4n) is 3.55. The molecule has 5 heteroatoms. The van der Waals surface area contributed by atoms with Crippen LogP contribution >= 0.6 is 0 Å². The van der Waals surface area contributed by atoms with Crippen molar-refractivity contribution in [1.82, 2.24) is 10.2 Å². The fraction of sp³-hybridized carbons (Fsp3) is 0.867. The monoisotopic (exact) mass is 281 g/mol. The summed E-state index contributed by atoms with van der Waals surface area (Å²) in [4.78, 5) is 26.2. The zero-order valence-electron chi connectivity index (χ0n) is 12.6. The number of likely N-dealkylation sites (tertiary alicyclic amines) is 1. The van der Waals surface area contributed by atoms with E-state index < -0.39 is 0 Å². The minimum Gasteiger partial charge on any atom is -0.354 e. The van der Waals surface area contributed by atoms with E-state index in [1.165, 1.54) is 0 Å². The lowest BCUT2D eigenvalue weighted by Gasteiger charge is -2.36. The van der Waals surface area contributed by atoms with E-state index in [1.807, 2.05) is 4.90 Å². The predicted molar refractivity (Wildman–Crippen MR) is 77.9 cm³/mol. The molecule has 0 aliphatic carbocycles. The number of carbonyl (C=O) groups excluding carboxylic acids is 2. The maximum Gasteiger partial charge on any atom is 0.225 e. The molecule has 0 aromatic carbocycles. The summed E-state index contributed by atoms with van der Waals surface area (Å²) >= 11 is 0. The third-order valence-electron chi connectivity index (χ3n) is 4.52. The molecule has 114 valence electrons. The molecular formula is C15H27N3O2. The largest absolute Gasteiger partial charge is 0.354 e. The number of nitrogens with zero attached hydrogens (tertiary/aromatic N) is 1. The number of fused-ring (bicyclic) bond motifs is 1. The number of rotatable bonds is 5. The molecule has 3 unspecified atom stereocenters. The Kier molecular flexibility index (Phi) is 5.02. The van der Waals surface area contributed by atoms with Crippen LogP contribution in [0.2, 0.25) is 0 Å². The summed E-state index contributed by atoms with van der Waals surface area (Å²) in [6.45, 7) is 6.27. The minimum absolute atomic E-state index is 0.00845. The molecule has 0 radical (unpaired) electrons. The number of amides is 2. The van der Waals surface area contributed by atoms with Crippen LogP contribution in [0.5, 0.6) is 0 Å². The lowest BCUT2D eigenvalue weighted by atomic mass is 9.89. The molecule has 20 heavy (non-hydrogen) atoms. The number of carbonyl (C=O) groups is 2. The Morgan fingerprint density at radius 3 is 2.90 bits per heavy atom. The Morgan fingerprint density at radius 1 is 1.50 bits per heavy atom. The van der Waals surface area contributed by atoms with Gasteiger partial charge in [0.1, 0.15) is 0 Å². The smallest absolute Gasteiger partial charge is 0.225 e. The van der Waals surface area contributed by atoms with E-state index in [1.54, 1.807) is 0 Å². The Hall–Kier alpha value is -1.10. The van der Waals surface area contributed by atoms with Crippen molar-refractivity contribution in [2.45, 2.75) is 45.6 Å². The molecule has 3 atom stereocenters. The van der Waals surface area contributed by atoms with Gasteiger partial charge < -0.3 is 16.0 Å². The second kappa shape index (κ2) is 6.57. The average molecular weight is 281 g/mol. The van der Waals surface area contributed by atoms with Crippen LogP contribution in [0, 0.1) is 17.8 Å². The van der Waals surface area contributed by atoms with Crippen molar-refractivity contribution in [1.29, 1.82) is 0 Å². The number of nitrogens with two attached hydrogens (primary N) is 1. The first-order valence-electron chi connectivity index (χ1n) is 7.80. The van der Waals surface area contributed by atoms with Gasteiger partial charge in [-0.15, -0.1) is 0 Å². The summed E-state index contributed by atoms with van der Waals surface area (Å²) in [6, 6.07) is 0.0706. The van der Waals surface area contributed by atoms with Crippen LogP contribution in [0.15, 0.2) is 0 Å². The number of piperidine rings is 1. The van der Waals surface area contributed by atoms with E-state index in [0.29, 0.717) is 25.4 Å². The lowest BCUT2D eigenvalue weighted by molar-refractivity contribution is -0.137. The van der Waals surface area contributed by atoms with Gasteiger partial charge in [-0.25, -0.2) is 0 Å². The highest BCUT2D eigenvalue weighted by molar-refractivity contribution is 5.84. The molecule has 0 bridgehead atoms. The van der Waals surface area contributed by atoms with Gasteiger partial charge in [-0.05, 0) is 37.6 Å². The molecule has 5 nitrogen and oxygen atoms in total. The number of nitrogens with one attached hydrogen (secondary N) is 1. The van der Waals surface area contributed by atoms with Crippen LogP contribution in [-0.2, 0) is 9.59 Å². The topological polar surface area (TPSA) is 75.4 Å². The van der Waals surface area contributed by atoms with E-state index in [4.69, 9.17) is 5.73 Å². The quantitative estimate of drug-likeness (QED) is 0.780. The van der Waals surface area contributed by atoms with E-state index in [9.17, 15) is 9.59 Å². The first-order chi connectivity index (χ1) is 9.52. The first kappa shape index (κ1) is 15.3. The molecule has 2 saturated heterocycles. The SMILES string of the molecule is CC(C)CC(CN)CC(=O)N1CCCC2C(=O)NCC21. The van der Waals surface area contributed by atoms with Crippen molar-refractivity contribution in [3.05, 3.63) is 0 Å². The van der Waals surface area contributed by atoms with Gasteiger partial charge in [0, 0.05) is 19.5 Å². The number of hydrogen-bond acceptors (Lipinski definition) is 3. The average Bonchev–Trinajstić information content (AvgIpc) is 2.79. The molecule has 2 heterocycles. The van der Waals surface area contributed by atoms with Crippen LogP contribution < -0.4 is 11.1 Å². The van der Waals surface area contributed by atoms with E-state index in [0.717, 1.165) is 25.8 Å². The highest BCUT2D eigenvalue weighted by atomic mass is 16.2. The zero-order chi connectivity index (χ0) is 14.7. The molecule has 0 saturated carbocycles. The van der Waals surface area contributed by atoms with Gasteiger partial charge in [0.15, 0.2) is 0 Å². The molecule has 0 aromatic heterocycles. The third kappa shape index (κ3) is 3.32. The van der Waals surface area contributed by atoms with Gasteiger partial charge in [-0.1, -0.05) is 13.8 Å². The normalized spacial score (nSPS) is 27.4. The van der Waals surface area contributed by atoms with Crippen LogP contribution in [-0.4, -0.2) is 42.4 Å². The van der Waals surface area contributed by atoms with Gasteiger partial charge in [-0.3, -0.25) is 9.59 Å². The highest BCUT2D eigenvalue weighted by Gasteiger charge is 2.42. The summed E-state index contributed by atoms with van der Waals surface area (Å²) in [5.41, 5.74) is 5.79. The van der Waals surface area contributed by atoms with Gasteiger partial charge in [0.05, 0.1) is 12.0 Å². The molecule has 3 N–H and O–H groups in total. The summed E-state index contributed by atoms with van der Waals surface area (Å²) in [6.07, 6.45) is 3.35. The second-order valence-corrected chi connectivity index (χ2v) is 6.58. The standard InChI is InChI=1S/C15H27N3O2/c1-10(2)6-11(8-16)7-14(19)18-5-3-4-12-13(18)9-17-15(12)20/h10-13H,3-9,16H2,1-2H3,(H,17,20). The van der Waals surface area contributed by atoms with Crippen LogP contribution in [0.25, 0.3) is 0 Å². The zero-order valence-corrected chi connectivity index (χ0v) is 12.6. The summed E-state index contributed by atoms with van der Waals surface area (Å²) < 4.78 is 0. The molecule has 0 spiro atoms. The molecule has 2 aliphatic heterocycles. The van der Waals surface area contributed by atoms with Crippen LogP contribution in [0.3, 0.4) is 0 Å². The van der Waals surface area contributed by atoms with Crippen molar-refractivity contribution >= 4 is 11.8 Å². The van der Waals surface area contributed by atoms with Crippen LogP contribution in [0.4, 0.5) is 0 Å². The van der Waals surface area contributed by atoms with Crippen molar-refractivity contribution in [2.75, 3.05) is 19.6 Å². The molecule has 2 rings (SSSR count). The third-order valence-corrected chi connectivity index (χ3v) is 4.52. The van der Waals surface area contributed by atoms with Gasteiger partial charge in [0.25, 0.3) is 0 Å². The van der Waals surface area contributed by atoms with E-state index >= 15 is 0 Å². The van der Waals surface area contributed by atoms with E-state index in [-0.39, 0.29) is 29.7 Å². The molecule has 2 aliphatic rings. The Bertz CT molecular complexity index is 370. The second-order valence-electron chi connectivity index (χ2n) is 6.58. The lowest BCUT2D eigenvalue weighted by Crippen LogP contribution is -2.49. The molecule has 0 aromatic rings. The predicted octanol–water partition coefficient (Wildman–Crippen LogP) is 0.735. The van der Waals surface area contributed by atoms with Crippen molar-refractivity contribution in [3.63, 3.8) is 0 Å². The Balaban J connectivity index is 1.96. The Morgan fingerprint density at radius 2 is 2.25 bits per heavy atom. The first-order valence-corrected chi connectivity index (χ1v) is 7.80.